The third-order valence-electron chi connectivity index (χ3n) is 3.98. The lowest BCUT2D eigenvalue weighted by Gasteiger charge is -2.37. The first-order chi connectivity index (χ1) is 9.75. The van der Waals surface area contributed by atoms with E-state index in [4.69, 9.17) is 0 Å². The summed E-state index contributed by atoms with van der Waals surface area (Å²) in [4.78, 5) is 26.2. The van der Waals surface area contributed by atoms with E-state index in [1.807, 2.05) is 31.2 Å². The van der Waals surface area contributed by atoms with Gasteiger partial charge in [-0.05, 0) is 36.5 Å². The minimum absolute atomic E-state index is 0.0510. The minimum Gasteiger partial charge on any atom is -0.343 e. The molecule has 1 aliphatic rings. The molecule has 0 saturated carbocycles. The standard InChI is InChI=1S/C17H24N2O2/c1-6-14-15(20)18-11(2)16(21)19(14)13-9-7-12(8-10-13)17(3,4)5/h7-11,14H,6H2,1-5H3,(H,18,20). The number of nitrogens with zero attached hydrogens (tertiary/aromatic N) is 1. The first-order valence-electron chi connectivity index (χ1n) is 7.49. The molecule has 4 nitrogen and oxygen atoms in total. The Hall–Kier alpha value is -1.84. The van der Waals surface area contributed by atoms with Crippen LogP contribution in [0.15, 0.2) is 24.3 Å². The first-order valence-corrected chi connectivity index (χ1v) is 7.49. The molecule has 0 aliphatic carbocycles. The Kier molecular flexibility index (Phi) is 4.08. The van der Waals surface area contributed by atoms with Crippen molar-refractivity contribution in [2.75, 3.05) is 4.90 Å². The van der Waals surface area contributed by atoms with Crippen LogP contribution in [-0.2, 0) is 15.0 Å². The summed E-state index contributed by atoms with van der Waals surface area (Å²) in [5.41, 5.74) is 2.07. The van der Waals surface area contributed by atoms with Crippen LogP contribution in [0.4, 0.5) is 5.69 Å². The van der Waals surface area contributed by atoms with Crippen molar-refractivity contribution in [3.8, 4) is 0 Å². The number of hydrogen-bond acceptors (Lipinski definition) is 2. The number of piperazine rings is 1. The van der Waals surface area contributed by atoms with Crippen molar-refractivity contribution in [1.29, 1.82) is 0 Å². The maximum absolute atomic E-state index is 12.4. The summed E-state index contributed by atoms with van der Waals surface area (Å²) in [5, 5.41) is 2.74. The van der Waals surface area contributed by atoms with Crippen LogP contribution in [0.2, 0.25) is 0 Å². The molecule has 0 aromatic heterocycles. The summed E-state index contributed by atoms with van der Waals surface area (Å²) in [6.45, 7) is 10.1. The van der Waals surface area contributed by atoms with Gasteiger partial charge in [0.25, 0.3) is 0 Å². The Balaban J connectivity index is 2.37. The van der Waals surface area contributed by atoms with Gasteiger partial charge >= 0.3 is 0 Å². The number of carbonyl (C=O) groups excluding carboxylic acids is 2. The zero-order chi connectivity index (χ0) is 15.8. The van der Waals surface area contributed by atoms with Gasteiger partial charge in [0.05, 0.1) is 0 Å². The summed E-state index contributed by atoms with van der Waals surface area (Å²) >= 11 is 0. The average molecular weight is 288 g/mol. The topological polar surface area (TPSA) is 49.4 Å². The molecule has 1 aromatic carbocycles. The Morgan fingerprint density at radius 3 is 2.19 bits per heavy atom. The molecule has 1 aliphatic heterocycles. The van der Waals surface area contributed by atoms with Gasteiger partial charge in [-0.3, -0.25) is 14.5 Å². The van der Waals surface area contributed by atoms with Crippen LogP contribution in [0.5, 0.6) is 0 Å². The average Bonchev–Trinajstić information content (AvgIpc) is 2.41. The smallest absolute Gasteiger partial charge is 0.250 e. The van der Waals surface area contributed by atoms with Gasteiger partial charge in [0, 0.05) is 5.69 Å². The molecular formula is C17H24N2O2. The monoisotopic (exact) mass is 288 g/mol. The van der Waals surface area contributed by atoms with E-state index in [1.54, 1.807) is 11.8 Å². The molecule has 1 heterocycles. The number of anilines is 1. The van der Waals surface area contributed by atoms with Gasteiger partial charge in [0.2, 0.25) is 11.8 Å². The molecule has 2 rings (SSSR count). The summed E-state index contributed by atoms with van der Waals surface area (Å²) < 4.78 is 0. The highest BCUT2D eigenvalue weighted by Gasteiger charge is 2.38. The number of amides is 2. The van der Waals surface area contributed by atoms with E-state index < -0.39 is 12.1 Å². The van der Waals surface area contributed by atoms with Crippen molar-refractivity contribution >= 4 is 17.5 Å². The second kappa shape index (κ2) is 5.51. The molecule has 2 unspecified atom stereocenters. The van der Waals surface area contributed by atoms with Crippen molar-refractivity contribution in [3.63, 3.8) is 0 Å². The van der Waals surface area contributed by atoms with E-state index in [-0.39, 0.29) is 17.2 Å². The van der Waals surface area contributed by atoms with Crippen LogP contribution in [0, 0.1) is 0 Å². The number of nitrogens with one attached hydrogen (secondary N) is 1. The second-order valence-corrected chi connectivity index (χ2v) is 6.66. The van der Waals surface area contributed by atoms with Gasteiger partial charge in [-0.1, -0.05) is 39.8 Å². The van der Waals surface area contributed by atoms with Gasteiger partial charge in [-0.15, -0.1) is 0 Å². The molecule has 0 radical (unpaired) electrons. The zero-order valence-electron chi connectivity index (χ0n) is 13.4. The van der Waals surface area contributed by atoms with Crippen LogP contribution >= 0.6 is 0 Å². The predicted molar refractivity (Wildman–Crippen MR) is 84.3 cm³/mol. The number of rotatable bonds is 2. The van der Waals surface area contributed by atoms with Gasteiger partial charge in [0.15, 0.2) is 0 Å². The van der Waals surface area contributed by atoms with Crippen LogP contribution in [0.1, 0.15) is 46.6 Å². The van der Waals surface area contributed by atoms with Crippen LogP contribution in [0.25, 0.3) is 0 Å². The SMILES string of the molecule is CCC1C(=O)NC(C)C(=O)N1c1ccc(C(C)(C)C)cc1. The molecule has 1 fully saturated rings. The maximum Gasteiger partial charge on any atom is 0.250 e. The minimum atomic E-state index is -0.470. The summed E-state index contributed by atoms with van der Waals surface area (Å²) in [6.07, 6.45) is 0.602. The molecule has 0 spiro atoms. The van der Waals surface area contributed by atoms with E-state index in [0.717, 1.165) is 5.69 Å². The lowest BCUT2D eigenvalue weighted by Crippen LogP contribution is -2.62. The van der Waals surface area contributed by atoms with Gasteiger partial charge in [-0.25, -0.2) is 0 Å². The van der Waals surface area contributed by atoms with Crippen LogP contribution in [-0.4, -0.2) is 23.9 Å². The normalized spacial score (nSPS) is 23.2. The molecular weight excluding hydrogens is 264 g/mol. The summed E-state index contributed by atoms with van der Waals surface area (Å²) in [5.74, 6) is -0.130. The van der Waals surface area contributed by atoms with Gasteiger partial charge in [0.1, 0.15) is 12.1 Å². The molecule has 21 heavy (non-hydrogen) atoms. The van der Waals surface area contributed by atoms with Gasteiger partial charge < -0.3 is 5.32 Å². The third kappa shape index (κ3) is 2.94. The Morgan fingerprint density at radius 2 is 1.71 bits per heavy atom. The molecule has 1 N–H and O–H groups in total. The number of benzene rings is 1. The highest BCUT2D eigenvalue weighted by Crippen LogP contribution is 2.27. The van der Waals surface area contributed by atoms with E-state index >= 15 is 0 Å². The number of hydrogen-bond donors (Lipinski definition) is 1. The molecule has 2 amide bonds. The van der Waals surface area contributed by atoms with Crippen molar-refractivity contribution in [3.05, 3.63) is 29.8 Å². The van der Waals surface area contributed by atoms with Gasteiger partial charge in [-0.2, -0.15) is 0 Å². The molecule has 1 aromatic rings. The van der Waals surface area contributed by atoms with Crippen molar-refractivity contribution in [1.82, 2.24) is 5.32 Å². The lowest BCUT2D eigenvalue weighted by molar-refractivity contribution is -0.133. The van der Waals surface area contributed by atoms with E-state index in [9.17, 15) is 9.59 Å². The second-order valence-electron chi connectivity index (χ2n) is 6.66. The largest absolute Gasteiger partial charge is 0.343 e. The first kappa shape index (κ1) is 15.5. The lowest BCUT2D eigenvalue weighted by atomic mass is 9.87. The predicted octanol–water partition coefficient (Wildman–Crippen LogP) is 2.61. The van der Waals surface area contributed by atoms with E-state index in [1.165, 1.54) is 5.56 Å². The van der Waals surface area contributed by atoms with Crippen LogP contribution < -0.4 is 10.2 Å². The fourth-order valence-corrected chi connectivity index (χ4v) is 2.65. The fraction of sp³-hybridized carbons (Fsp3) is 0.529. The molecule has 0 bridgehead atoms. The highest BCUT2D eigenvalue weighted by atomic mass is 16.2. The quantitative estimate of drug-likeness (QED) is 0.909. The fourth-order valence-electron chi connectivity index (χ4n) is 2.65. The zero-order valence-corrected chi connectivity index (χ0v) is 13.4. The van der Waals surface area contributed by atoms with Crippen molar-refractivity contribution in [2.24, 2.45) is 0 Å². The molecule has 2 atom stereocenters. The summed E-state index contributed by atoms with van der Waals surface area (Å²) in [6, 6.07) is 7.05. The van der Waals surface area contributed by atoms with E-state index in [2.05, 4.69) is 26.1 Å². The molecule has 114 valence electrons. The Morgan fingerprint density at radius 1 is 1.14 bits per heavy atom. The Labute approximate surface area is 126 Å². The van der Waals surface area contributed by atoms with Crippen molar-refractivity contribution in [2.45, 2.75) is 58.5 Å². The van der Waals surface area contributed by atoms with Crippen molar-refractivity contribution < 1.29 is 9.59 Å². The summed E-state index contributed by atoms with van der Waals surface area (Å²) in [7, 11) is 0. The highest BCUT2D eigenvalue weighted by molar-refractivity contribution is 6.08. The van der Waals surface area contributed by atoms with Crippen LogP contribution in [0.3, 0.4) is 0 Å². The third-order valence-corrected chi connectivity index (χ3v) is 3.98. The molecule has 4 heteroatoms. The maximum atomic E-state index is 12.4. The van der Waals surface area contributed by atoms with E-state index in [0.29, 0.717) is 6.42 Å². The number of carbonyl (C=O) groups is 2. The Bertz CT molecular complexity index is 543. The molecule has 1 saturated heterocycles.